The second kappa shape index (κ2) is 4.77. The maximum atomic E-state index is 3.60. The zero-order valence-corrected chi connectivity index (χ0v) is 10.8. The summed E-state index contributed by atoms with van der Waals surface area (Å²) in [6.07, 6.45) is 3.86. The van der Waals surface area contributed by atoms with E-state index in [-0.39, 0.29) is 0 Å². The van der Waals surface area contributed by atoms with Gasteiger partial charge in [-0.25, -0.2) is 0 Å². The predicted octanol–water partition coefficient (Wildman–Crippen LogP) is 3.44. The zero-order valence-electron chi connectivity index (χ0n) is 8.42. The fourth-order valence-corrected chi connectivity index (χ4v) is 3.64. The first-order valence-corrected chi connectivity index (χ1v) is 6.82. The first-order valence-electron chi connectivity index (χ1n) is 5.21. The van der Waals surface area contributed by atoms with Crippen LogP contribution in [0.3, 0.4) is 0 Å². The molecular weight excluding hydrogens is 258 g/mol. The average Bonchev–Trinajstić information content (AvgIpc) is 2.51. The molecule has 1 aromatic heterocycles. The fraction of sp³-hybridized carbons (Fsp3) is 0.636. The van der Waals surface area contributed by atoms with E-state index in [1.165, 1.54) is 34.5 Å². The van der Waals surface area contributed by atoms with Gasteiger partial charge in [0, 0.05) is 10.9 Å². The third kappa shape index (κ3) is 2.81. The third-order valence-electron chi connectivity index (χ3n) is 2.83. The van der Waals surface area contributed by atoms with Gasteiger partial charge in [-0.1, -0.05) is 6.92 Å². The number of nitrogens with one attached hydrogen (secondary N) is 1. The molecule has 14 heavy (non-hydrogen) atoms. The van der Waals surface area contributed by atoms with Crippen molar-refractivity contribution in [3.8, 4) is 0 Å². The lowest BCUT2D eigenvalue weighted by Crippen LogP contribution is -2.38. The van der Waals surface area contributed by atoms with E-state index in [2.05, 4.69) is 40.3 Å². The van der Waals surface area contributed by atoms with E-state index in [0.717, 1.165) is 5.92 Å². The predicted molar refractivity (Wildman–Crippen MR) is 65.9 cm³/mol. The Bertz CT molecular complexity index is 297. The Morgan fingerprint density at radius 3 is 3.07 bits per heavy atom. The summed E-state index contributed by atoms with van der Waals surface area (Å²) in [4.78, 5) is 1.49. The lowest BCUT2D eigenvalue weighted by molar-refractivity contribution is 0.319. The molecule has 1 nitrogen and oxygen atoms in total. The average molecular weight is 274 g/mol. The van der Waals surface area contributed by atoms with Gasteiger partial charge in [-0.15, -0.1) is 11.3 Å². The maximum Gasteiger partial charge on any atom is 0.0701 e. The van der Waals surface area contributed by atoms with Gasteiger partial charge in [0.15, 0.2) is 0 Å². The Morgan fingerprint density at radius 1 is 1.57 bits per heavy atom. The van der Waals surface area contributed by atoms with Crippen molar-refractivity contribution in [1.29, 1.82) is 0 Å². The van der Waals surface area contributed by atoms with Crippen LogP contribution in [0.5, 0.6) is 0 Å². The molecule has 1 fully saturated rings. The van der Waals surface area contributed by atoms with E-state index in [1.807, 2.05) is 11.3 Å². The quantitative estimate of drug-likeness (QED) is 0.871. The number of hydrogen-bond donors (Lipinski definition) is 1. The minimum atomic E-state index is 0.698. The molecule has 0 spiro atoms. The number of piperidine rings is 1. The van der Waals surface area contributed by atoms with Crippen LogP contribution in [0.4, 0.5) is 0 Å². The van der Waals surface area contributed by atoms with Crippen LogP contribution in [0.1, 0.15) is 24.6 Å². The van der Waals surface area contributed by atoms with Crippen LogP contribution >= 0.6 is 27.3 Å². The summed E-state index contributed by atoms with van der Waals surface area (Å²) in [5.41, 5.74) is 0. The van der Waals surface area contributed by atoms with Crippen LogP contribution in [0.2, 0.25) is 0 Å². The lowest BCUT2D eigenvalue weighted by Gasteiger charge is -2.27. The van der Waals surface area contributed by atoms with Gasteiger partial charge >= 0.3 is 0 Å². The second-order valence-electron chi connectivity index (χ2n) is 4.19. The van der Waals surface area contributed by atoms with Gasteiger partial charge in [0.2, 0.25) is 0 Å². The van der Waals surface area contributed by atoms with Crippen molar-refractivity contribution < 1.29 is 0 Å². The van der Waals surface area contributed by atoms with Gasteiger partial charge < -0.3 is 5.32 Å². The van der Waals surface area contributed by atoms with Crippen LogP contribution < -0.4 is 5.32 Å². The van der Waals surface area contributed by atoms with Crippen molar-refractivity contribution in [3.05, 3.63) is 20.8 Å². The van der Waals surface area contributed by atoms with E-state index in [9.17, 15) is 0 Å². The molecular formula is C11H16BrNS. The first-order chi connectivity index (χ1) is 6.74. The maximum absolute atomic E-state index is 3.60. The number of hydrogen-bond acceptors (Lipinski definition) is 2. The van der Waals surface area contributed by atoms with Crippen molar-refractivity contribution in [2.75, 3.05) is 6.54 Å². The van der Waals surface area contributed by atoms with E-state index in [4.69, 9.17) is 0 Å². The highest BCUT2D eigenvalue weighted by Crippen LogP contribution is 2.25. The van der Waals surface area contributed by atoms with Crippen molar-refractivity contribution in [3.63, 3.8) is 0 Å². The molecule has 0 amide bonds. The Kier molecular flexibility index (Phi) is 3.63. The van der Waals surface area contributed by atoms with Crippen molar-refractivity contribution in [2.45, 2.75) is 32.2 Å². The normalized spacial score (nSPS) is 27.9. The summed E-state index contributed by atoms with van der Waals surface area (Å²) in [6.45, 7) is 3.55. The highest BCUT2D eigenvalue weighted by atomic mass is 79.9. The minimum Gasteiger partial charge on any atom is -0.314 e. The van der Waals surface area contributed by atoms with Crippen molar-refractivity contribution in [2.24, 2.45) is 5.92 Å². The topological polar surface area (TPSA) is 12.0 Å². The monoisotopic (exact) mass is 273 g/mol. The molecule has 0 aliphatic carbocycles. The molecule has 0 aromatic carbocycles. The summed E-state index contributed by atoms with van der Waals surface area (Å²) in [5, 5.41) is 3.60. The van der Waals surface area contributed by atoms with Gasteiger partial charge in [-0.3, -0.25) is 0 Å². The van der Waals surface area contributed by atoms with Gasteiger partial charge in [0.05, 0.1) is 3.79 Å². The SMILES string of the molecule is CC1CCNC(Cc2ccc(Br)s2)C1. The number of rotatable bonds is 2. The molecule has 2 rings (SSSR count). The van der Waals surface area contributed by atoms with Crippen molar-refractivity contribution in [1.82, 2.24) is 5.32 Å². The largest absolute Gasteiger partial charge is 0.314 e. The summed E-state index contributed by atoms with van der Waals surface area (Å²) in [6, 6.07) is 5.08. The number of thiophene rings is 1. The molecule has 1 aromatic rings. The molecule has 2 unspecified atom stereocenters. The van der Waals surface area contributed by atoms with Gasteiger partial charge in [-0.2, -0.15) is 0 Å². The van der Waals surface area contributed by atoms with Gasteiger partial charge in [-0.05, 0) is 59.8 Å². The molecule has 1 aliphatic rings. The summed E-state index contributed by atoms with van der Waals surface area (Å²) in [5.74, 6) is 0.893. The minimum absolute atomic E-state index is 0.698. The molecule has 1 N–H and O–H groups in total. The standard InChI is InChI=1S/C11H16BrNS/c1-8-4-5-13-9(6-8)7-10-2-3-11(12)14-10/h2-3,8-9,13H,4-7H2,1H3. The molecule has 0 saturated carbocycles. The summed E-state index contributed by atoms with van der Waals surface area (Å²) in [7, 11) is 0. The first kappa shape index (κ1) is 10.7. The zero-order chi connectivity index (χ0) is 9.97. The van der Waals surface area contributed by atoms with Crippen LogP contribution in [0, 0.1) is 5.92 Å². The second-order valence-corrected chi connectivity index (χ2v) is 6.74. The Morgan fingerprint density at radius 2 is 2.43 bits per heavy atom. The molecule has 1 aliphatic heterocycles. The van der Waals surface area contributed by atoms with E-state index in [1.54, 1.807) is 0 Å². The highest BCUT2D eigenvalue weighted by molar-refractivity contribution is 9.11. The third-order valence-corrected chi connectivity index (χ3v) is 4.48. The smallest absolute Gasteiger partial charge is 0.0701 e. The highest BCUT2D eigenvalue weighted by Gasteiger charge is 2.18. The summed E-state index contributed by atoms with van der Waals surface area (Å²) >= 11 is 5.37. The van der Waals surface area contributed by atoms with Crippen LogP contribution in [-0.4, -0.2) is 12.6 Å². The number of halogens is 1. The molecule has 1 saturated heterocycles. The Hall–Kier alpha value is 0.140. The van der Waals surface area contributed by atoms with Crippen LogP contribution in [-0.2, 0) is 6.42 Å². The lowest BCUT2D eigenvalue weighted by atomic mass is 9.92. The van der Waals surface area contributed by atoms with Crippen LogP contribution in [0.25, 0.3) is 0 Å². The van der Waals surface area contributed by atoms with Crippen molar-refractivity contribution >= 4 is 27.3 Å². The molecule has 2 atom stereocenters. The fourth-order valence-electron chi connectivity index (χ4n) is 2.08. The van der Waals surface area contributed by atoms with Crippen LogP contribution in [0.15, 0.2) is 15.9 Å². The van der Waals surface area contributed by atoms with E-state index < -0.39 is 0 Å². The Balaban J connectivity index is 1.90. The van der Waals surface area contributed by atoms with Gasteiger partial charge in [0.1, 0.15) is 0 Å². The molecule has 0 bridgehead atoms. The molecule has 0 radical (unpaired) electrons. The molecule has 78 valence electrons. The molecule has 2 heterocycles. The van der Waals surface area contributed by atoms with E-state index >= 15 is 0 Å². The van der Waals surface area contributed by atoms with Gasteiger partial charge in [0.25, 0.3) is 0 Å². The molecule has 3 heteroatoms. The Labute approximate surface area is 98.0 Å². The summed E-state index contributed by atoms with van der Waals surface area (Å²) < 4.78 is 1.25. The van der Waals surface area contributed by atoms with E-state index in [0.29, 0.717) is 6.04 Å².